The molecule has 2 unspecified atom stereocenters. The number of alkyl halides is 2. The average Bonchev–Trinajstić information content (AvgIpc) is 3.84. The molecule has 10 atom stereocenters. The normalized spacial score (nSPS) is 30.6. The van der Waals surface area contributed by atoms with E-state index in [1.165, 1.54) is 35.1 Å². The van der Waals surface area contributed by atoms with Crippen molar-refractivity contribution in [1.29, 1.82) is 10.5 Å². The van der Waals surface area contributed by atoms with E-state index in [2.05, 4.69) is 33.3 Å². The maximum absolute atomic E-state index is 15.1. The Balaban J connectivity index is 0.000000228. The smallest absolute Gasteiger partial charge is 0.394 e. The van der Waals surface area contributed by atoms with E-state index in [1.807, 2.05) is 0 Å². The Bertz CT molecular complexity index is 2280. The predicted octanol–water partition coefficient (Wildman–Crippen LogP) is -1.41. The van der Waals surface area contributed by atoms with Gasteiger partial charge in [-0.3, -0.25) is 4.52 Å². The van der Waals surface area contributed by atoms with Gasteiger partial charge in [0.1, 0.15) is 60.2 Å². The van der Waals surface area contributed by atoms with Crippen LogP contribution in [0.4, 0.5) is 20.4 Å². The lowest BCUT2D eigenvalue weighted by molar-refractivity contribution is -0.0566. The Morgan fingerprint density at radius 1 is 0.796 bits per heavy atom. The third kappa shape index (κ3) is 7.58. The van der Waals surface area contributed by atoms with Crippen LogP contribution in [0.1, 0.15) is 11.4 Å². The second-order valence-corrected chi connectivity index (χ2v) is 15.6. The van der Waals surface area contributed by atoms with Crippen molar-refractivity contribution in [3.05, 3.63) is 48.3 Å². The molecule has 0 aromatic carbocycles. The van der Waals surface area contributed by atoms with Crippen LogP contribution in [0.15, 0.2) is 36.9 Å². The molecular weight excluding hydrogens is 799 g/mol. The molecule has 30 heteroatoms. The Labute approximate surface area is 298 Å². The molecule has 292 valence electrons. The van der Waals surface area contributed by atoms with Crippen molar-refractivity contribution >= 4 is 46.1 Å². The molecule has 2 aliphatic heterocycles. The zero-order chi connectivity index (χ0) is 40.0. The molecule has 0 radical (unpaired) electrons. The van der Waals surface area contributed by atoms with Crippen LogP contribution < -0.4 is 11.5 Å². The number of anilines is 2. The van der Waals surface area contributed by atoms with Crippen molar-refractivity contribution in [2.75, 3.05) is 24.7 Å². The van der Waals surface area contributed by atoms with Gasteiger partial charge in [0.15, 0.2) is 24.0 Å². The van der Waals surface area contributed by atoms with E-state index in [-0.39, 0.29) is 28.5 Å². The van der Waals surface area contributed by atoms with Gasteiger partial charge in [-0.15, -0.1) is 0 Å². The number of phosphoric acid groups is 3. The van der Waals surface area contributed by atoms with E-state index in [9.17, 15) is 43.7 Å². The van der Waals surface area contributed by atoms with Crippen LogP contribution in [0.5, 0.6) is 0 Å². The van der Waals surface area contributed by atoms with E-state index in [0.717, 1.165) is 10.8 Å². The Morgan fingerprint density at radius 2 is 1.24 bits per heavy atom. The first-order valence-corrected chi connectivity index (χ1v) is 19.1. The second-order valence-electron chi connectivity index (χ2n) is 11.2. The number of aromatic nitrogens is 6. The molecule has 2 fully saturated rings. The van der Waals surface area contributed by atoms with E-state index >= 15 is 4.39 Å². The topological polar surface area (TPSA) is 399 Å². The minimum atomic E-state index is -5.79. The molecule has 0 aliphatic carbocycles. The van der Waals surface area contributed by atoms with E-state index in [0.29, 0.717) is 5.52 Å². The van der Waals surface area contributed by atoms with Crippen molar-refractivity contribution < 1.29 is 80.0 Å². The number of nitriles is 2. The molecule has 11 N–H and O–H groups in total. The van der Waals surface area contributed by atoms with Crippen molar-refractivity contribution in [3.63, 3.8) is 0 Å². The molecule has 2 saturated heterocycles. The van der Waals surface area contributed by atoms with Crippen LogP contribution >= 0.6 is 23.5 Å². The van der Waals surface area contributed by atoms with Crippen LogP contribution in [0, 0.1) is 22.7 Å². The average molecular weight is 826 g/mol. The molecule has 0 saturated carbocycles. The highest BCUT2D eigenvalue weighted by Crippen LogP contribution is 2.66. The first-order valence-electron chi connectivity index (χ1n) is 14.5. The van der Waals surface area contributed by atoms with E-state index in [1.54, 1.807) is 12.1 Å². The summed E-state index contributed by atoms with van der Waals surface area (Å²) in [7, 11) is -17.0. The van der Waals surface area contributed by atoms with Gasteiger partial charge in [-0.25, -0.2) is 41.5 Å². The number of hydrogen-bond acceptors (Lipinski definition) is 19. The fourth-order valence-corrected chi connectivity index (χ4v) is 8.55. The van der Waals surface area contributed by atoms with E-state index < -0.39 is 84.6 Å². The Hall–Kier alpha value is -4.11. The maximum atomic E-state index is 15.1. The number of halogens is 2. The number of ether oxygens (including phenoxy) is 2. The summed E-state index contributed by atoms with van der Waals surface area (Å²) in [6.07, 6.45) is -9.00. The number of nitrogens with zero attached hydrogens (tertiary/aromatic N) is 8. The molecule has 6 rings (SSSR count). The number of nitrogens with two attached hydrogens (primary N) is 2. The van der Waals surface area contributed by atoms with E-state index in [4.69, 9.17) is 40.7 Å². The summed E-state index contributed by atoms with van der Waals surface area (Å²) in [6, 6.07) is 8.86. The molecule has 0 bridgehead atoms. The minimum Gasteiger partial charge on any atom is -0.394 e. The number of hydrogen-bond donors (Lipinski definition) is 9. The van der Waals surface area contributed by atoms with Crippen LogP contribution in [0.3, 0.4) is 0 Å². The minimum absolute atomic E-state index is 0.0116. The summed E-state index contributed by atoms with van der Waals surface area (Å²) in [5, 5.41) is 56.0. The highest BCUT2D eigenvalue weighted by molar-refractivity contribution is 7.66. The predicted molar refractivity (Wildman–Crippen MR) is 168 cm³/mol. The largest absolute Gasteiger partial charge is 0.490 e. The molecule has 4 aromatic rings. The standard InChI is InChI=1S/C12H15FN5O12P3.C12H12FN5O3/c13-10-9(19)7(3-27-32(23,24)30-33(25,26)29-31(20,21)22)28-12(10,4-14)8-2-1-6-11(15)16-5-17-18(6)8;13-10-9(20)7(3-19)21-12(10,4-14)8-2-1-6-11(15)16-5-17-18(6)8/h1-2,5,7,9-10,19H,3H2,(H,23,24)(H,25,26)(H2,15,16,17)(H2,20,21,22);1-2,5,7,9-10,19-20H,3H2,(H2,15,16,17)/t2*7-,9-,10-,12+/m11/s1. The molecule has 0 amide bonds. The van der Waals surface area contributed by atoms with Gasteiger partial charge in [0.05, 0.1) is 24.6 Å². The van der Waals surface area contributed by atoms with Gasteiger partial charge in [-0.2, -0.15) is 29.3 Å². The molecular formula is C24H27F2N10O15P3. The van der Waals surface area contributed by atoms with Gasteiger partial charge in [0.25, 0.3) is 0 Å². The monoisotopic (exact) mass is 826 g/mol. The van der Waals surface area contributed by atoms with Crippen LogP contribution in [-0.4, -0.2) is 114 Å². The maximum Gasteiger partial charge on any atom is 0.490 e. The van der Waals surface area contributed by atoms with Gasteiger partial charge in [-0.05, 0) is 24.3 Å². The fourth-order valence-electron chi connectivity index (χ4n) is 5.52. The summed E-state index contributed by atoms with van der Waals surface area (Å²) in [5.41, 5.74) is 7.27. The fraction of sp³-hybridized carbons (Fsp3) is 0.417. The highest BCUT2D eigenvalue weighted by atomic mass is 31.3. The lowest BCUT2D eigenvalue weighted by Crippen LogP contribution is -2.37. The van der Waals surface area contributed by atoms with Gasteiger partial charge < -0.3 is 55.8 Å². The van der Waals surface area contributed by atoms with Gasteiger partial charge >= 0.3 is 23.5 Å². The van der Waals surface area contributed by atoms with Crippen molar-refractivity contribution in [2.45, 2.75) is 48.0 Å². The Morgan fingerprint density at radius 3 is 1.65 bits per heavy atom. The number of fused-ring (bicyclic) bond motifs is 2. The summed E-state index contributed by atoms with van der Waals surface area (Å²) in [4.78, 5) is 43.2. The van der Waals surface area contributed by atoms with Crippen molar-refractivity contribution in [2.24, 2.45) is 0 Å². The van der Waals surface area contributed by atoms with Crippen LogP contribution in [0.25, 0.3) is 11.0 Å². The first-order chi connectivity index (χ1) is 25.2. The second kappa shape index (κ2) is 14.9. The zero-order valence-electron chi connectivity index (χ0n) is 26.6. The molecule has 4 aromatic heterocycles. The lowest BCUT2D eigenvalue weighted by Gasteiger charge is -2.23. The number of aliphatic hydroxyl groups excluding tert-OH is 3. The number of aliphatic hydroxyl groups is 3. The SMILES string of the molecule is N#C[C@@]1(c2ccc3c(N)ncnn23)O[C@H](CO)[C@@H](O)[C@H]1F.N#C[C@@]1(c2ccc3c(N)ncnn23)O[C@H](COP(=O)(O)OP(=O)(O)OP(=O)(O)O)[C@@H](O)[C@H]1F. The third-order valence-electron chi connectivity index (χ3n) is 7.87. The summed E-state index contributed by atoms with van der Waals surface area (Å²) in [6.45, 7) is -1.78. The number of nitrogen functional groups attached to an aromatic ring is 2. The molecule has 25 nitrogen and oxygen atoms in total. The van der Waals surface area contributed by atoms with Crippen molar-refractivity contribution in [1.82, 2.24) is 29.2 Å². The molecule has 0 spiro atoms. The first kappa shape index (κ1) is 41.1. The highest BCUT2D eigenvalue weighted by Gasteiger charge is 2.60. The number of rotatable bonds is 10. The summed E-state index contributed by atoms with van der Waals surface area (Å²) in [5.74, 6) is 0.152. The van der Waals surface area contributed by atoms with Crippen LogP contribution in [-0.2, 0) is 47.5 Å². The molecule has 54 heavy (non-hydrogen) atoms. The van der Waals surface area contributed by atoms with Gasteiger partial charge in [0, 0.05) is 0 Å². The van der Waals surface area contributed by atoms with Crippen LogP contribution in [0.2, 0.25) is 0 Å². The van der Waals surface area contributed by atoms with Crippen molar-refractivity contribution in [3.8, 4) is 12.1 Å². The zero-order valence-corrected chi connectivity index (χ0v) is 29.3. The molecule has 6 heterocycles. The molecule has 2 aliphatic rings. The summed E-state index contributed by atoms with van der Waals surface area (Å²) < 4.78 is 87.7. The van der Waals surface area contributed by atoms with Gasteiger partial charge in [-0.1, -0.05) is 0 Å². The Kier molecular flexibility index (Phi) is 11.3. The third-order valence-corrected chi connectivity index (χ3v) is 11.7. The number of phosphoric ester groups is 1. The quantitative estimate of drug-likeness (QED) is 0.0829. The lowest BCUT2D eigenvalue weighted by atomic mass is 9.94. The van der Waals surface area contributed by atoms with Gasteiger partial charge in [0.2, 0.25) is 11.2 Å². The summed E-state index contributed by atoms with van der Waals surface area (Å²) >= 11 is 0.